The Morgan fingerprint density at radius 2 is 2.00 bits per heavy atom. The normalized spacial score (nSPS) is 9.94. The zero-order valence-electron chi connectivity index (χ0n) is 9.13. The van der Waals surface area contributed by atoms with E-state index in [1.54, 1.807) is 42.9 Å². The van der Waals surface area contributed by atoms with Gasteiger partial charge in [-0.2, -0.15) is 0 Å². The van der Waals surface area contributed by atoms with Gasteiger partial charge in [0, 0.05) is 30.8 Å². The van der Waals surface area contributed by atoms with Crippen molar-refractivity contribution in [1.29, 1.82) is 0 Å². The van der Waals surface area contributed by atoms with E-state index in [1.165, 1.54) is 0 Å². The van der Waals surface area contributed by atoms with Crippen LogP contribution >= 0.6 is 0 Å². The van der Waals surface area contributed by atoms with E-state index in [-0.39, 0.29) is 5.91 Å². The van der Waals surface area contributed by atoms with Crippen molar-refractivity contribution in [1.82, 2.24) is 9.97 Å². The molecule has 0 aliphatic carbocycles. The first kappa shape index (κ1) is 11.2. The molecule has 0 fully saturated rings. The van der Waals surface area contributed by atoms with Gasteiger partial charge in [-0.25, -0.2) is 0 Å². The van der Waals surface area contributed by atoms with E-state index in [4.69, 9.17) is 5.73 Å². The number of aromatic nitrogens is 2. The second kappa shape index (κ2) is 5.18. The molecule has 0 bridgehead atoms. The number of nitrogens with one attached hydrogen (secondary N) is 1. The van der Waals surface area contributed by atoms with Crippen LogP contribution in [0.15, 0.2) is 42.9 Å². The Hall–Kier alpha value is -2.27. The largest absolute Gasteiger partial charge is 0.326 e. The Morgan fingerprint density at radius 1 is 1.24 bits per heavy atom. The zero-order valence-corrected chi connectivity index (χ0v) is 9.13. The molecule has 0 radical (unpaired) electrons. The summed E-state index contributed by atoms with van der Waals surface area (Å²) in [4.78, 5) is 19.7. The second-order valence-electron chi connectivity index (χ2n) is 3.45. The van der Waals surface area contributed by atoms with Crippen LogP contribution in [0.25, 0.3) is 0 Å². The van der Waals surface area contributed by atoms with Gasteiger partial charge >= 0.3 is 0 Å². The van der Waals surface area contributed by atoms with E-state index in [0.29, 0.717) is 17.9 Å². The lowest BCUT2D eigenvalue weighted by molar-refractivity contribution is 0.102. The maximum absolute atomic E-state index is 11.8. The number of rotatable bonds is 3. The molecule has 1 amide bonds. The molecule has 17 heavy (non-hydrogen) atoms. The summed E-state index contributed by atoms with van der Waals surface area (Å²) in [5.74, 6) is -0.250. The molecule has 0 aromatic carbocycles. The lowest BCUT2D eigenvalue weighted by Gasteiger charge is -2.04. The van der Waals surface area contributed by atoms with E-state index < -0.39 is 0 Å². The predicted octanol–water partition coefficient (Wildman–Crippen LogP) is 1.19. The summed E-state index contributed by atoms with van der Waals surface area (Å²) in [7, 11) is 0. The number of nitrogens with zero attached hydrogens (tertiary/aromatic N) is 2. The highest BCUT2D eigenvalue weighted by atomic mass is 16.1. The average molecular weight is 228 g/mol. The third-order valence-corrected chi connectivity index (χ3v) is 2.23. The van der Waals surface area contributed by atoms with Crippen LogP contribution in [0.1, 0.15) is 16.1 Å². The van der Waals surface area contributed by atoms with E-state index in [1.807, 2.05) is 0 Å². The molecular formula is C12H12N4O. The monoisotopic (exact) mass is 228 g/mol. The molecule has 5 nitrogen and oxygen atoms in total. The molecule has 3 N–H and O–H groups in total. The summed E-state index contributed by atoms with van der Waals surface area (Å²) in [5, 5.41) is 2.72. The average Bonchev–Trinajstić information content (AvgIpc) is 2.40. The maximum atomic E-state index is 11.8. The third-order valence-electron chi connectivity index (χ3n) is 2.23. The van der Waals surface area contributed by atoms with Gasteiger partial charge in [0.1, 0.15) is 5.69 Å². The first-order valence-electron chi connectivity index (χ1n) is 5.16. The zero-order chi connectivity index (χ0) is 12.1. The molecule has 86 valence electrons. The lowest BCUT2D eigenvalue weighted by atomic mass is 10.2. The van der Waals surface area contributed by atoms with Gasteiger partial charge in [-0.05, 0) is 23.8 Å². The van der Waals surface area contributed by atoms with Crippen LogP contribution < -0.4 is 11.1 Å². The van der Waals surface area contributed by atoms with Gasteiger partial charge in [0.2, 0.25) is 0 Å². The highest BCUT2D eigenvalue weighted by molar-refractivity contribution is 6.02. The molecule has 0 unspecified atom stereocenters. The highest BCUT2D eigenvalue weighted by Gasteiger charge is 2.06. The molecule has 2 aromatic heterocycles. The fourth-order valence-electron chi connectivity index (χ4n) is 1.31. The van der Waals surface area contributed by atoms with Crippen LogP contribution in [0.4, 0.5) is 5.69 Å². The molecule has 0 aliphatic heterocycles. The number of nitrogens with two attached hydrogens (primary N) is 1. The van der Waals surface area contributed by atoms with Gasteiger partial charge in [-0.15, -0.1) is 0 Å². The molecule has 5 heteroatoms. The molecular weight excluding hydrogens is 216 g/mol. The van der Waals surface area contributed by atoms with Crippen molar-refractivity contribution in [2.24, 2.45) is 5.73 Å². The maximum Gasteiger partial charge on any atom is 0.274 e. The predicted molar refractivity (Wildman–Crippen MR) is 64.3 cm³/mol. The number of hydrogen-bond donors (Lipinski definition) is 2. The molecule has 0 atom stereocenters. The Kier molecular flexibility index (Phi) is 3.42. The van der Waals surface area contributed by atoms with Gasteiger partial charge in [0.15, 0.2) is 0 Å². The topological polar surface area (TPSA) is 80.9 Å². The van der Waals surface area contributed by atoms with Crippen LogP contribution in [0, 0.1) is 0 Å². The standard InChI is InChI=1S/C12H12N4O/c13-7-9-1-2-11(15-8-9)12(17)16-10-3-5-14-6-4-10/h1-6,8H,7,13H2,(H,14,16,17). The van der Waals surface area contributed by atoms with E-state index in [0.717, 1.165) is 5.56 Å². The fourth-order valence-corrected chi connectivity index (χ4v) is 1.31. The van der Waals surface area contributed by atoms with Crippen LogP contribution in [0.2, 0.25) is 0 Å². The summed E-state index contributed by atoms with van der Waals surface area (Å²) in [6.45, 7) is 0.416. The Morgan fingerprint density at radius 3 is 2.59 bits per heavy atom. The van der Waals surface area contributed by atoms with Crippen molar-refractivity contribution < 1.29 is 4.79 Å². The smallest absolute Gasteiger partial charge is 0.274 e. The number of anilines is 1. The Bertz CT molecular complexity index is 496. The van der Waals surface area contributed by atoms with Crippen molar-refractivity contribution in [3.63, 3.8) is 0 Å². The molecule has 0 saturated carbocycles. The lowest BCUT2D eigenvalue weighted by Crippen LogP contribution is -2.13. The molecule has 0 spiro atoms. The molecule has 2 heterocycles. The third kappa shape index (κ3) is 2.85. The summed E-state index contributed by atoms with van der Waals surface area (Å²) in [5.41, 5.74) is 7.40. The minimum Gasteiger partial charge on any atom is -0.326 e. The Labute approximate surface area is 98.7 Å². The molecule has 0 saturated heterocycles. The van der Waals surface area contributed by atoms with Crippen LogP contribution in [-0.4, -0.2) is 15.9 Å². The number of hydrogen-bond acceptors (Lipinski definition) is 4. The summed E-state index contributed by atoms with van der Waals surface area (Å²) < 4.78 is 0. The van der Waals surface area contributed by atoms with E-state index >= 15 is 0 Å². The SMILES string of the molecule is NCc1ccc(C(=O)Nc2ccncc2)nc1. The fraction of sp³-hybridized carbons (Fsp3) is 0.0833. The first-order valence-corrected chi connectivity index (χ1v) is 5.16. The van der Waals surface area contributed by atoms with E-state index in [2.05, 4.69) is 15.3 Å². The number of amides is 1. The summed E-state index contributed by atoms with van der Waals surface area (Å²) in [6, 6.07) is 6.87. The minimum absolute atomic E-state index is 0.250. The first-order chi connectivity index (χ1) is 8.29. The minimum atomic E-state index is -0.250. The quantitative estimate of drug-likeness (QED) is 0.826. The van der Waals surface area contributed by atoms with Gasteiger partial charge in [-0.1, -0.05) is 6.07 Å². The van der Waals surface area contributed by atoms with Gasteiger partial charge in [0.25, 0.3) is 5.91 Å². The van der Waals surface area contributed by atoms with Crippen molar-refractivity contribution >= 4 is 11.6 Å². The molecule has 2 rings (SSSR count). The van der Waals surface area contributed by atoms with Gasteiger partial charge < -0.3 is 11.1 Å². The van der Waals surface area contributed by atoms with Crippen molar-refractivity contribution in [2.45, 2.75) is 6.54 Å². The number of carbonyl (C=O) groups is 1. The van der Waals surface area contributed by atoms with Gasteiger partial charge in [-0.3, -0.25) is 14.8 Å². The second-order valence-corrected chi connectivity index (χ2v) is 3.45. The summed E-state index contributed by atoms with van der Waals surface area (Å²) >= 11 is 0. The Balaban J connectivity index is 2.09. The highest BCUT2D eigenvalue weighted by Crippen LogP contribution is 2.06. The molecule has 0 aliphatic rings. The van der Waals surface area contributed by atoms with Crippen molar-refractivity contribution in [3.8, 4) is 0 Å². The van der Waals surface area contributed by atoms with Crippen molar-refractivity contribution in [3.05, 3.63) is 54.1 Å². The van der Waals surface area contributed by atoms with Crippen LogP contribution in [-0.2, 0) is 6.54 Å². The van der Waals surface area contributed by atoms with Gasteiger partial charge in [0.05, 0.1) is 0 Å². The molecule has 2 aromatic rings. The van der Waals surface area contributed by atoms with Crippen LogP contribution in [0.5, 0.6) is 0 Å². The van der Waals surface area contributed by atoms with E-state index in [9.17, 15) is 4.79 Å². The van der Waals surface area contributed by atoms with Crippen molar-refractivity contribution in [2.75, 3.05) is 5.32 Å². The number of carbonyl (C=O) groups excluding carboxylic acids is 1. The summed E-state index contributed by atoms with van der Waals surface area (Å²) in [6.07, 6.45) is 4.82. The number of pyridine rings is 2. The van der Waals surface area contributed by atoms with Crippen LogP contribution in [0.3, 0.4) is 0 Å².